The van der Waals surface area contributed by atoms with E-state index in [1.165, 1.54) is 12.4 Å². The molecule has 0 aliphatic carbocycles. The highest BCUT2D eigenvalue weighted by molar-refractivity contribution is 14.1. The van der Waals surface area contributed by atoms with E-state index < -0.39 is 10.0 Å². The second kappa shape index (κ2) is 7.40. The lowest BCUT2D eigenvalue weighted by atomic mass is 10.1. The summed E-state index contributed by atoms with van der Waals surface area (Å²) in [7, 11) is -3.61. The molecule has 0 radical (unpaired) electrons. The molecule has 0 bridgehead atoms. The molecule has 2 N–H and O–H groups in total. The van der Waals surface area contributed by atoms with Crippen molar-refractivity contribution in [1.29, 1.82) is 0 Å². The maximum atomic E-state index is 12.6. The number of benzene rings is 1. The first-order valence-electron chi connectivity index (χ1n) is 7.28. The summed E-state index contributed by atoms with van der Waals surface area (Å²) < 4.78 is 27.2. The van der Waals surface area contributed by atoms with E-state index in [0.717, 1.165) is 18.7 Å². The lowest BCUT2D eigenvalue weighted by molar-refractivity contribution is 0.592. The minimum absolute atomic E-state index is 0.00832. The summed E-state index contributed by atoms with van der Waals surface area (Å²) in [6, 6.07) is 7.61. The lowest BCUT2D eigenvalue weighted by Gasteiger charge is -2.04. The average Bonchev–Trinajstić information content (AvgIpc) is 2.92. The van der Waals surface area contributed by atoms with Crippen LogP contribution >= 0.6 is 34.2 Å². The fraction of sp³-hybridized carbons (Fsp3) is 0.125. The molecule has 0 aliphatic heterocycles. The van der Waals surface area contributed by atoms with Gasteiger partial charge >= 0.3 is 0 Å². The van der Waals surface area contributed by atoms with Crippen LogP contribution in [0.25, 0.3) is 17.1 Å². The Morgan fingerprint density at radius 1 is 1.28 bits per heavy atom. The van der Waals surface area contributed by atoms with Crippen molar-refractivity contribution in [2.45, 2.75) is 6.54 Å². The third kappa shape index (κ3) is 4.02. The molecule has 0 aliphatic rings. The molecule has 130 valence electrons. The number of hydrogen-bond donors (Lipinski definition) is 1. The van der Waals surface area contributed by atoms with E-state index in [1.807, 2.05) is 46.9 Å². The zero-order valence-electron chi connectivity index (χ0n) is 12.9. The van der Waals surface area contributed by atoms with Crippen LogP contribution in [0.3, 0.4) is 0 Å². The van der Waals surface area contributed by atoms with Gasteiger partial charge in [0.1, 0.15) is 0 Å². The SMILES string of the molecule is NCc1ccc(C=CCS(=O)(=O)n2cc(I)c3cnc(Cl)nc32)cc1. The molecule has 1 aromatic carbocycles. The van der Waals surface area contributed by atoms with Crippen LogP contribution in [0.1, 0.15) is 11.1 Å². The quantitative estimate of drug-likeness (QED) is 0.440. The molecule has 0 saturated carbocycles. The summed E-state index contributed by atoms with van der Waals surface area (Å²) in [5.74, 6) is -0.160. The second-order valence-corrected chi connectivity index (χ2v) is 8.67. The predicted octanol–water partition coefficient (Wildman–Crippen LogP) is 3.04. The van der Waals surface area contributed by atoms with Gasteiger partial charge in [0.15, 0.2) is 5.65 Å². The van der Waals surface area contributed by atoms with Crippen LogP contribution in [-0.4, -0.2) is 28.1 Å². The van der Waals surface area contributed by atoms with Gasteiger partial charge < -0.3 is 5.73 Å². The van der Waals surface area contributed by atoms with Crippen molar-refractivity contribution in [3.05, 3.63) is 62.7 Å². The number of aromatic nitrogens is 3. The van der Waals surface area contributed by atoms with Gasteiger partial charge in [-0.15, -0.1) is 0 Å². The fourth-order valence-corrected chi connectivity index (χ4v) is 4.43. The molecule has 2 heterocycles. The van der Waals surface area contributed by atoms with Gasteiger partial charge in [-0.05, 0) is 45.3 Å². The number of fused-ring (bicyclic) bond motifs is 1. The van der Waals surface area contributed by atoms with E-state index in [9.17, 15) is 8.42 Å². The molecule has 3 rings (SSSR count). The lowest BCUT2D eigenvalue weighted by Crippen LogP contribution is -2.15. The van der Waals surface area contributed by atoms with Crippen LogP contribution < -0.4 is 5.73 Å². The third-order valence-corrected chi connectivity index (χ3v) is 6.10. The van der Waals surface area contributed by atoms with Crippen molar-refractivity contribution < 1.29 is 8.42 Å². The van der Waals surface area contributed by atoms with Gasteiger partial charge in [0.05, 0.1) is 11.1 Å². The Labute approximate surface area is 163 Å². The van der Waals surface area contributed by atoms with Gasteiger partial charge in [-0.3, -0.25) is 0 Å². The normalized spacial score (nSPS) is 12.3. The summed E-state index contributed by atoms with van der Waals surface area (Å²) in [5, 5.41) is 0.656. The predicted molar refractivity (Wildman–Crippen MR) is 108 cm³/mol. The van der Waals surface area contributed by atoms with Gasteiger partial charge in [-0.2, -0.15) is 4.98 Å². The summed E-state index contributed by atoms with van der Waals surface area (Å²) >= 11 is 7.85. The molecule has 2 aromatic heterocycles. The minimum atomic E-state index is -3.61. The Morgan fingerprint density at radius 3 is 2.68 bits per heavy atom. The van der Waals surface area contributed by atoms with Gasteiger partial charge in [0, 0.05) is 22.5 Å². The smallest absolute Gasteiger partial charge is 0.243 e. The zero-order valence-corrected chi connectivity index (χ0v) is 16.7. The zero-order chi connectivity index (χ0) is 18.0. The Kier molecular flexibility index (Phi) is 5.42. The van der Waals surface area contributed by atoms with Gasteiger partial charge in [-0.1, -0.05) is 36.4 Å². The topological polar surface area (TPSA) is 90.9 Å². The van der Waals surface area contributed by atoms with E-state index in [-0.39, 0.29) is 16.7 Å². The van der Waals surface area contributed by atoms with Crippen molar-refractivity contribution in [1.82, 2.24) is 13.9 Å². The summed E-state index contributed by atoms with van der Waals surface area (Å²) in [6.07, 6.45) is 6.41. The number of rotatable bonds is 5. The maximum absolute atomic E-state index is 12.6. The molecule has 0 fully saturated rings. The van der Waals surface area contributed by atoms with Gasteiger partial charge in [-0.25, -0.2) is 17.4 Å². The second-order valence-electron chi connectivity index (χ2n) is 5.28. The first kappa shape index (κ1) is 18.3. The highest BCUT2D eigenvalue weighted by Gasteiger charge is 2.18. The standard InChI is InChI=1S/C16H14ClIN4O2S/c17-16-20-9-13-14(18)10-22(15(13)21-16)25(23,24)7-1-2-11-3-5-12(8-19)6-4-11/h1-6,9-10H,7-8,19H2. The molecule has 0 saturated heterocycles. The van der Waals surface area contributed by atoms with Crippen LogP contribution in [0, 0.1) is 3.57 Å². The summed E-state index contributed by atoms with van der Waals surface area (Å²) in [5.41, 5.74) is 7.77. The van der Waals surface area contributed by atoms with Gasteiger partial charge in [0.2, 0.25) is 15.3 Å². The summed E-state index contributed by atoms with van der Waals surface area (Å²) in [4.78, 5) is 7.94. The molecule has 6 nitrogen and oxygen atoms in total. The molecular weight excluding hydrogens is 475 g/mol. The number of nitrogens with zero attached hydrogens (tertiary/aromatic N) is 3. The molecule has 0 spiro atoms. The Balaban J connectivity index is 1.87. The molecule has 9 heteroatoms. The minimum Gasteiger partial charge on any atom is -0.326 e. The van der Waals surface area contributed by atoms with Crippen LogP contribution in [-0.2, 0) is 16.6 Å². The molecule has 0 amide bonds. The maximum Gasteiger partial charge on any atom is 0.243 e. The number of hydrogen-bond acceptors (Lipinski definition) is 5. The van der Waals surface area contributed by atoms with E-state index in [0.29, 0.717) is 11.9 Å². The van der Waals surface area contributed by atoms with Crippen LogP contribution in [0.4, 0.5) is 0 Å². The monoisotopic (exact) mass is 488 g/mol. The van der Waals surface area contributed by atoms with Crippen molar-refractivity contribution in [2.24, 2.45) is 5.73 Å². The molecule has 0 unspecified atom stereocenters. The molecule has 0 atom stereocenters. The Hall–Kier alpha value is -1.49. The van der Waals surface area contributed by atoms with E-state index in [4.69, 9.17) is 17.3 Å². The van der Waals surface area contributed by atoms with E-state index in [2.05, 4.69) is 9.97 Å². The van der Waals surface area contributed by atoms with E-state index in [1.54, 1.807) is 12.2 Å². The largest absolute Gasteiger partial charge is 0.326 e. The van der Waals surface area contributed by atoms with Gasteiger partial charge in [0.25, 0.3) is 0 Å². The highest BCUT2D eigenvalue weighted by atomic mass is 127. The van der Waals surface area contributed by atoms with Crippen molar-refractivity contribution in [3.8, 4) is 0 Å². The average molecular weight is 489 g/mol. The van der Waals surface area contributed by atoms with Crippen molar-refractivity contribution in [3.63, 3.8) is 0 Å². The molecule has 25 heavy (non-hydrogen) atoms. The van der Waals surface area contributed by atoms with Crippen LogP contribution in [0.2, 0.25) is 5.28 Å². The molecule has 3 aromatic rings. The molecular formula is C16H14ClIN4O2S. The van der Waals surface area contributed by atoms with Crippen molar-refractivity contribution >= 4 is 61.3 Å². The number of nitrogens with two attached hydrogens (primary N) is 1. The Bertz CT molecular complexity index is 1050. The first-order chi connectivity index (χ1) is 11.9. The fourth-order valence-electron chi connectivity index (χ4n) is 2.29. The third-order valence-electron chi connectivity index (χ3n) is 3.57. The number of halogens is 2. The summed E-state index contributed by atoms with van der Waals surface area (Å²) in [6.45, 7) is 0.474. The highest BCUT2D eigenvalue weighted by Crippen LogP contribution is 2.23. The first-order valence-corrected chi connectivity index (χ1v) is 10.4. The van der Waals surface area contributed by atoms with Crippen LogP contribution in [0.5, 0.6) is 0 Å². The Morgan fingerprint density at radius 2 is 2.00 bits per heavy atom. The van der Waals surface area contributed by atoms with Crippen molar-refractivity contribution in [2.75, 3.05) is 5.75 Å². The van der Waals surface area contributed by atoms with E-state index >= 15 is 0 Å². The van der Waals surface area contributed by atoms with Crippen LogP contribution in [0.15, 0.2) is 42.7 Å².